The van der Waals surface area contributed by atoms with Crippen molar-refractivity contribution in [3.8, 4) is 0 Å². The van der Waals surface area contributed by atoms with Gasteiger partial charge in [0, 0.05) is 22.5 Å². The zero-order valence-electron chi connectivity index (χ0n) is 10.9. The Kier molecular flexibility index (Phi) is 5.86. The molecule has 0 spiro atoms. The lowest BCUT2D eigenvalue weighted by Gasteiger charge is -2.12. The highest BCUT2D eigenvalue weighted by Crippen LogP contribution is 2.17. The maximum Gasteiger partial charge on any atom is 0.0718 e. The van der Waals surface area contributed by atoms with E-state index in [2.05, 4.69) is 29.8 Å². The summed E-state index contributed by atoms with van der Waals surface area (Å²) in [5.41, 5.74) is 1.11. The van der Waals surface area contributed by atoms with Gasteiger partial charge in [0.15, 0.2) is 0 Å². The molecule has 1 N–H and O–H groups in total. The third-order valence-electron chi connectivity index (χ3n) is 2.82. The van der Waals surface area contributed by atoms with Crippen LogP contribution in [0.4, 0.5) is 0 Å². The van der Waals surface area contributed by atoms with Gasteiger partial charge < -0.3 is 10.1 Å². The van der Waals surface area contributed by atoms with E-state index in [4.69, 9.17) is 16.3 Å². The quantitative estimate of drug-likeness (QED) is 0.770. The summed E-state index contributed by atoms with van der Waals surface area (Å²) in [5, 5.41) is 6.30. The molecule has 0 aliphatic carbocycles. The van der Waals surface area contributed by atoms with E-state index in [1.807, 2.05) is 24.3 Å². The van der Waals surface area contributed by atoms with E-state index in [1.54, 1.807) is 11.3 Å². The Labute approximate surface area is 123 Å². The third kappa shape index (κ3) is 4.96. The number of halogens is 1. The van der Waals surface area contributed by atoms with Crippen molar-refractivity contribution in [3.63, 3.8) is 0 Å². The molecule has 0 radical (unpaired) electrons. The van der Waals surface area contributed by atoms with E-state index >= 15 is 0 Å². The van der Waals surface area contributed by atoms with E-state index in [1.165, 1.54) is 4.88 Å². The largest absolute Gasteiger partial charge is 0.375 e. The van der Waals surface area contributed by atoms with Crippen LogP contribution in [0.25, 0.3) is 0 Å². The summed E-state index contributed by atoms with van der Waals surface area (Å²) in [4.78, 5) is 1.36. The van der Waals surface area contributed by atoms with Crippen LogP contribution >= 0.6 is 22.9 Å². The summed E-state index contributed by atoms with van der Waals surface area (Å²) in [6.45, 7) is 4.32. The van der Waals surface area contributed by atoms with Gasteiger partial charge in [-0.1, -0.05) is 29.8 Å². The second-order valence-corrected chi connectivity index (χ2v) is 5.79. The van der Waals surface area contributed by atoms with E-state index in [0.29, 0.717) is 19.3 Å². The minimum Gasteiger partial charge on any atom is -0.375 e. The van der Waals surface area contributed by atoms with Crippen LogP contribution in [0.1, 0.15) is 23.4 Å². The predicted octanol–water partition coefficient (Wildman–Crippen LogP) is 4.27. The first kappa shape index (κ1) is 14.5. The van der Waals surface area contributed by atoms with Crippen molar-refractivity contribution in [3.05, 3.63) is 57.2 Å². The average Bonchev–Trinajstić information content (AvgIpc) is 2.92. The van der Waals surface area contributed by atoms with Gasteiger partial charge in [0.25, 0.3) is 0 Å². The maximum atomic E-state index is 5.92. The lowest BCUT2D eigenvalue weighted by atomic mass is 10.2. The average molecular weight is 296 g/mol. The number of hydrogen-bond acceptors (Lipinski definition) is 3. The number of hydrogen-bond donors (Lipinski definition) is 1. The molecule has 0 saturated carbocycles. The minimum absolute atomic E-state index is 0.384. The SMILES string of the molecule is CC(NCCOCc1cccc(Cl)c1)c1cccs1. The molecule has 0 aliphatic rings. The Morgan fingerprint density at radius 2 is 2.21 bits per heavy atom. The van der Waals surface area contributed by atoms with Crippen LogP contribution in [0, 0.1) is 0 Å². The molecule has 1 aromatic heterocycles. The fraction of sp³-hybridized carbons (Fsp3) is 0.333. The Bertz CT molecular complexity index is 487. The number of thiophene rings is 1. The van der Waals surface area contributed by atoms with Crippen molar-refractivity contribution in [2.45, 2.75) is 19.6 Å². The molecule has 1 heterocycles. The first-order valence-corrected chi connectivity index (χ1v) is 7.60. The van der Waals surface area contributed by atoms with Gasteiger partial charge in [-0.3, -0.25) is 0 Å². The third-order valence-corrected chi connectivity index (χ3v) is 4.11. The number of ether oxygens (including phenoxy) is 1. The number of nitrogens with one attached hydrogen (secondary N) is 1. The fourth-order valence-electron chi connectivity index (χ4n) is 1.80. The Hall–Kier alpha value is -0.870. The second kappa shape index (κ2) is 7.65. The summed E-state index contributed by atoms with van der Waals surface area (Å²) >= 11 is 7.69. The summed E-state index contributed by atoms with van der Waals surface area (Å²) in [6.07, 6.45) is 0. The Morgan fingerprint density at radius 1 is 1.32 bits per heavy atom. The maximum absolute atomic E-state index is 5.92. The zero-order valence-corrected chi connectivity index (χ0v) is 12.5. The molecule has 0 saturated heterocycles. The number of rotatable bonds is 7. The van der Waals surface area contributed by atoms with Crippen LogP contribution < -0.4 is 5.32 Å². The lowest BCUT2D eigenvalue weighted by molar-refractivity contribution is 0.121. The topological polar surface area (TPSA) is 21.3 Å². The molecule has 2 rings (SSSR count). The highest BCUT2D eigenvalue weighted by atomic mass is 35.5. The van der Waals surface area contributed by atoms with E-state index < -0.39 is 0 Å². The number of benzene rings is 1. The monoisotopic (exact) mass is 295 g/mol. The molecule has 1 atom stereocenters. The predicted molar refractivity (Wildman–Crippen MR) is 81.8 cm³/mol. The molecule has 19 heavy (non-hydrogen) atoms. The van der Waals surface area contributed by atoms with Crippen LogP contribution in [-0.4, -0.2) is 13.2 Å². The molecule has 2 nitrogen and oxygen atoms in total. The van der Waals surface area contributed by atoms with Gasteiger partial charge in [-0.15, -0.1) is 11.3 Å². The van der Waals surface area contributed by atoms with Crippen molar-refractivity contribution >= 4 is 22.9 Å². The lowest BCUT2D eigenvalue weighted by Crippen LogP contribution is -2.22. The molecule has 0 bridgehead atoms. The molecule has 1 aromatic carbocycles. The van der Waals surface area contributed by atoms with Gasteiger partial charge in [-0.05, 0) is 36.1 Å². The summed E-state index contributed by atoms with van der Waals surface area (Å²) < 4.78 is 5.62. The van der Waals surface area contributed by atoms with Crippen molar-refractivity contribution in [2.24, 2.45) is 0 Å². The standard InChI is InChI=1S/C15H18ClNOS/c1-12(15-6-3-9-19-15)17-7-8-18-11-13-4-2-5-14(16)10-13/h2-6,9-10,12,17H,7-8,11H2,1H3. The first-order chi connectivity index (χ1) is 9.25. The van der Waals surface area contributed by atoms with E-state index in [0.717, 1.165) is 17.1 Å². The van der Waals surface area contributed by atoms with Gasteiger partial charge >= 0.3 is 0 Å². The molecule has 0 amide bonds. The van der Waals surface area contributed by atoms with E-state index in [9.17, 15) is 0 Å². The fourth-order valence-corrected chi connectivity index (χ4v) is 2.77. The Balaban J connectivity index is 1.62. The minimum atomic E-state index is 0.384. The highest BCUT2D eigenvalue weighted by Gasteiger charge is 2.04. The van der Waals surface area contributed by atoms with Crippen LogP contribution in [-0.2, 0) is 11.3 Å². The van der Waals surface area contributed by atoms with Crippen molar-refractivity contribution < 1.29 is 4.74 Å². The molecular weight excluding hydrogens is 278 g/mol. The molecule has 2 aromatic rings. The highest BCUT2D eigenvalue weighted by molar-refractivity contribution is 7.10. The van der Waals surface area contributed by atoms with Crippen molar-refractivity contribution in [2.75, 3.05) is 13.2 Å². The van der Waals surface area contributed by atoms with Gasteiger partial charge in [-0.25, -0.2) is 0 Å². The smallest absolute Gasteiger partial charge is 0.0718 e. The second-order valence-electron chi connectivity index (χ2n) is 4.37. The Morgan fingerprint density at radius 3 is 2.95 bits per heavy atom. The van der Waals surface area contributed by atoms with Crippen molar-refractivity contribution in [1.82, 2.24) is 5.32 Å². The molecule has 102 valence electrons. The zero-order chi connectivity index (χ0) is 13.5. The van der Waals surface area contributed by atoms with E-state index in [-0.39, 0.29) is 0 Å². The molecular formula is C15H18ClNOS. The van der Waals surface area contributed by atoms with Crippen molar-refractivity contribution in [1.29, 1.82) is 0 Å². The molecule has 0 fully saturated rings. The van der Waals surface area contributed by atoms with Gasteiger partial charge in [0.05, 0.1) is 13.2 Å². The summed E-state index contributed by atoms with van der Waals surface area (Å²) in [7, 11) is 0. The molecule has 4 heteroatoms. The van der Waals surface area contributed by atoms with Crippen LogP contribution in [0.3, 0.4) is 0 Å². The summed E-state index contributed by atoms with van der Waals surface area (Å²) in [6, 6.07) is 12.4. The first-order valence-electron chi connectivity index (χ1n) is 6.34. The normalized spacial score (nSPS) is 12.5. The van der Waals surface area contributed by atoms with Gasteiger partial charge in [0.2, 0.25) is 0 Å². The molecule has 0 aliphatic heterocycles. The molecule has 1 unspecified atom stereocenters. The van der Waals surface area contributed by atoms with Gasteiger partial charge in [-0.2, -0.15) is 0 Å². The van der Waals surface area contributed by atoms with Gasteiger partial charge in [0.1, 0.15) is 0 Å². The van der Waals surface area contributed by atoms with Crippen LogP contribution in [0.5, 0.6) is 0 Å². The van der Waals surface area contributed by atoms with Crippen LogP contribution in [0.15, 0.2) is 41.8 Å². The summed E-state index contributed by atoms with van der Waals surface area (Å²) in [5.74, 6) is 0. The van der Waals surface area contributed by atoms with Crippen LogP contribution in [0.2, 0.25) is 5.02 Å².